The molecule has 2 atom stereocenters. The molecule has 0 N–H and O–H groups in total. The molecular formula is C7H16Ge. The van der Waals surface area contributed by atoms with Gasteiger partial charge in [0.2, 0.25) is 0 Å². The number of hydrogen-bond donors (Lipinski definition) is 0. The Bertz CT molecular complexity index is 86.4. The fraction of sp³-hybridized carbons (Fsp3) is 1.00. The van der Waals surface area contributed by atoms with Crippen LogP contribution in [0.25, 0.3) is 0 Å². The Kier molecular flexibility index (Phi) is 1.71. The summed E-state index contributed by atoms with van der Waals surface area (Å²) in [6, 6.07) is 0. The molecule has 0 heterocycles. The Morgan fingerprint density at radius 2 is 2.25 bits per heavy atom. The van der Waals surface area contributed by atoms with Crippen LogP contribution in [0.3, 0.4) is 0 Å². The van der Waals surface area contributed by atoms with Crippen molar-refractivity contribution in [3.8, 4) is 0 Å². The SMILES string of the molecule is CC1CCC[C]1(C)[GeH3]. The summed E-state index contributed by atoms with van der Waals surface area (Å²) in [7, 11) is 0. The average Bonchev–Trinajstić information content (AvgIpc) is 1.86. The minimum absolute atomic E-state index is 0.840. The van der Waals surface area contributed by atoms with Crippen LogP contribution in [0.5, 0.6) is 0 Å². The molecule has 1 rings (SSSR count). The molecule has 1 saturated carbocycles. The van der Waals surface area contributed by atoms with Gasteiger partial charge < -0.3 is 0 Å². The molecule has 1 heteroatoms. The van der Waals surface area contributed by atoms with Crippen molar-refractivity contribution in [3.05, 3.63) is 0 Å². The van der Waals surface area contributed by atoms with E-state index in [1.54, 1.807) is 0 Å². The second kappa shape index (κ2) is 2.05. The molecule has 1 fully saturated rings. The molecule has 0 spiro atoms. The Labute approximate surface area is 60.3 Å². The van der Waals surface area contributed by atoms with Gasteiger partial charge in [-0.3, -0.25) is 0 Å². The molecule has 0 saturated heterocycles. The molecule has 0 nitrogen and oxygen atoms in total. The van der Waals surface area contributed by atoms with Crippen LogP contribution in [-0.4, -0.2) is 16.5 Å². The topological polar surface area (TPSA) is 0 Å². The van der Waals surface area contributed by atoms with Crippen molar-refractivity contribution in [3.63, 3.8) is 0 Å². The first-order valence-electron chi connectivity index (χ1n) is 3.63. The summed E-state index contributed by atoms with van der Waals surface area (Å²) < 4.78 is 0.840. The first-order valence-corrected chi connectivity index (χ1v) is 5.73. The van der Waals surface area contributed by atoms with Gasteiger partial charge in [-0.15, -0.1) is 0 Å². The molecular weight excluding hydrogens is 157 g/mol. The fourth-order valence-electron chi connectivity index (χ4n) is 1.50. The van der Waals surface area contributed by atoms with Crippen LogP contribution < -0.4 is 0 Å². The van der Waals surface area contributed by atoms with E-state index in [0.717, 1.165) is 26.7 Å². The van der Waals surface area contributed by atoms with Crippen LogP contribution in [0.4, 0.5) is 0 Å². The molecule has 0 aromatic heterocycles. The quantitative estimate of drug-likeness (QED) is 0.485. The zero-order chi connectivity index (χ0) is 6.20. The van der Waals surface area contributed by atoms with Gasteiger partial charge in [0, 0.05) is 0 Å². The molecule has 0 amide bonds. The van der Waals surface area contributed by atoms with E-state index in [9.17, 15) is 0 Å². The van der Waals surface area contributed by atoms with Gasteiger partial charge in [-0.25, -0.2) is 0 Å². The van der Waals surface area contributed by atoms with E-state index in [-0.39, 0.29) is 0 Å². The van der Waals surface area contributed by atoms with Crippen LogP contribution in [0.1, 0.15) is 33.1 Å². The molecule has 0 aromatic carbocycles. The van der Waals surface area contributed by atoms with Crippen LogP contribution >= 0.6 is 0 Å². The van der Waals surface area contributed by atoms with E-state index < -0.39 is 0 Å². The Balaban J connectivity index is 2.54. The van der Waals surface area contributed by atoms with Gasteiger partial charge in [-0.05, 0) is 0 Å². The Hall–Kier alpha value is 0.543. The van der Waals surface area contributed by atoms with Crippen molar-refractivity contribution in [2.75, 3.05) is 0 Å². The van der Waals surface area contributed by atoms with Gasteiger partial charge >= 0.3 is 59.8 Å². The zero-order valence-electron chi connectivity index (χ0n) is 6.20. The molecule has 48 valence electrons. The molecule has 0 aliphatic heterocycles. The van der Waals surface area contributed by atoms with E-state index in [4.69, 9.17) is 0 Å². The predicted octanol–water partition coefficient (Wildman–Crippen LogP) is 1.35. The zero-order valence-corrected chi connectivity index (χ0v) is 10.4. The van der Waals surface area contributed by atoms with Gasteiger partial charge in [0.1, 0.15) is 0 Å². The number of rotatable bonds is 0. The van der Waals surface area contributed by atoms with E-state index in [0.29, 0.717) is 0 Å². The first kappa shape index (κ1) is 6.66. The third kappa shape index (κ3) is 1.10. The standard InChI is InChI=1S/C7H16Ge/c1-6-4-3-5-7(6,2)8/h6H,3-5H2,1-2,8H3. The molecule has 1 aliphatic rings. The van der Waals surface area contributed by atoms with Crippen molar-refractivity contribution >= 4 is 16.5 Å². The molecule has 8 heavy (non-hydrogen) atoms. The monoisotopic (exact) mass is 174 g/mol. The van der Waals surface area contributed by atoms with Gasteiger partial charge in [-0.1, -0.05) is 0 Å². The van der Waals surface area contributed by atoms with Crippen molar-refractivity contribution in [1.29, 1.82) is 0 Å². The second-order valence-corrected chi connectivity index (χ2v) is 8.57. The van der Waals surface area contributed by atoms with E-state index in [2.05, 4.69) is 13.8 Å². The normalized spacial score (nSPS) is 48.0. The van der Waals surface area contributed by atoms with Crippen molar-refractivity contribution in [2.45, 2.75) is 37.4 Å². The van der Waals surface area contributed by atoms with E-state index >= 15 is 0 Å². The summed E-state index contributed by atoms with van der Waals surface area (Å²) in [5.74, 6) is 1.04. The second-order valence-electron chi connectivity index (χ2n) is 3.78. The van der Waals surface area contributed by atoms with E-state index in [1.807, 2.05) is 0 Å². The van der Waals surface area contributed by atoms with Crippen LogP contribution in [0.15, 0.2) is 0 Å². The molecule has 0 aromatic rings. The van der Waals surface area contributed by atoms with Gasteiger partial charge in [-0.2, -0.15) is 0 Å². The van der Waals surface area contributed by atoms with E-state index in [1.165, 1.54) is 19.3 Å². The molecule has 2 unspecified atom stereocenters. The van der Waals surface area contributed by atoms with Gasteiger partial charge in [0.25, 0.3) is 0 Å². The summed E-state index contributed by atoms with van der Waals surface area (Å²) in [6.07, 6.45) is 4.52. The summed E-state index contributed by atoms with van der Waals surface area (Å²) in [6.45, 7) is 4.88. The summed E-state index contributed by atoms with van der Waals surface area (Å²) >= 11 is 1.05. The van der Waals surface area contributed by atoms with Gasteiger partial charge in [0.05, 0.1) is 0 Å². The summed E-state index contributed by atoms with van der Waals surface area (Å²) in [4.78, 5) is 0. The molecule has 1 aliphatic carbocycles. The van der Waals surface area contributed by atoms with Crippen LogP contribution in [0, 0.1) is 5.92 Å². The Morgan fingerprint density at radius 3 is 2.38 bits per heavy atom. The van der Waals surface area contributed by atoms with Crippen molar-refractivity contribution in [2.24, 2.45) is 5.92 Å². The maximum absolute atomic E-state index is 2.46. The van der Waals surface area contributed by atoms with Crippen LogP contribution in [0.2, 0.25) is 4.25 Å². The van der Waals surface area contributed by atoms with Crippen molar-refractivity contribution < 1.29 is 0 Å². The third-order valence-corrected chi connectivity index (χ3v) is 5.91. The molecule has 0 radical (unpaired) electrons. The average molecular weight is 173 g/mol. The summed E-state index contributed by atoms with van der Waals surface area (Å²) in [5.41, 5.74) is 0. The minimum atomic E-state index is 0.840. The maximum atomic E-state index is 2.46. The first-order chi connectivity index (χ1) is 3.63. The molecule has 0 bridgehead atoms. The van der Waals surface area contributed by atoms with Gasteiger partial charge in [0.15, 0.2) is 0 Å². The van der Waals surface area contributed by atoms with Crippen LogP contribution in [-0.2, 0) is 0 Å². The fourth-order valence-corrected chi connectivity index (χ4v) is 2.85. The predicted molar refractivity (Wildman–Crippen MR) is 41.3 cm³/mol. The third-order valence-electron chi connectivity index (χ3n) is 2.79. The Morgan fingerprint density at radius 1 is 1.62 bits per heavy atom. The summed E-state index contributed by atoms with van der Waals surface area (Å²) in [5, 5.41) is 0. The number of hydrogen-bond acceptors (Lipinski definition) is 0. The van der Waals surface area contributed by atoms with Crippen molar-refractivity contribution in [1.82, 2.24) is 0 Å².